The van der Waals surface area contributed by atoms with E-state index in [0.29, 0.717) is 31.5 Å². The first-order valence-electron chi connectivity index (χ1n) is 7.83. The number of esters is 1. The second-order valence-electron chi connectivity index (χ2n) is 5.86. The van der Waals surface area contributed by atoms with Gasteiger partial charge in [-0.05, 0) is 31.9 Å². The molecular formula is C16H17F6NO3. The lowest BCUT2D eigenvalue weighted by molar-refractivity contribution is -0.376. The number of nitrogens with zero attached hydrogens (tertiary/aromatic N) is 1. The van der Waals surface area contributed by atoms with E-state index in [2.05, 4.69) is 0 Å². The quantitative estimate of drug-likeness (QED) is 0.637. The van der Waals surface area contributed by atoms with E-state index in [1.807, 2.05) is 0 Å². The number of carbonyl (C=O) groups is 1. The molecule has 0 amide bonds. The maximum atomic E-state index is 12.9. The van der Waals surface area contributed by atoms with Crippen LogP contribution in [0.2, 0.25) is 0 Å². The lowest BCUT2D eigenvalue weighted by atomic mass is 9.92. The third-order valence-corrected chi connectivity index (χ3v) is 4.25. The van der Waals surface area contributed by atoms with Crippen molar-refractivity contribution in [3.05, 3.63) is 29.8 Å². The van der Waals surface area contributed by atoms with Crippen LogP contribution in [-0.4, -0.2) is 42.6 Å². The molecule has 1 aliphatic heterocycles. The van der Waals surface area contributed by atoms with Gasteiger partial charge in [-0.1, -0.05) is 12.1 Å². The maximum Gasteiger partial charge on any atom is 0.430 e. The van der Waals surface area contributed by atoms with E-state index in [9.17, 15) is 36.2 Å². The van der Waals surface area contributed by atoms with Crippen molar-refractivity contribution in [2.45, 2.75) is 43.8 Å². The number of carbonyl (C=O) groups excluding carboxylic acids is 1. The summed E-state index contributed by atoms with van der Waals surface area (Å²) < 4.78 is 82.3. The molecule has 1 aromatic rings. The first-order chi connectivity index (χ1) is 11.9. The van der Waals surface area contributed by atoms with Crippen LogP contribution >= 0.6 is 0 Å². The van der Waals surface area contributed by atoms with Gasteiger partial charge in [0.15, 0.2) is 0 Å². The van der Waals surface area contributed by atoms with Crippen LogP contribution in [0.15, 0.2) is 24.3 Å². The molecule has 0 spiro atoms. The molecule has 1 heterocycles. The molecule has 0 radical (unpaired) electrons. The predicted octanol–water partition coefficient (Wildman–Crippen LogP) is 3.53. The minimum Gasteiger partial charge on any atom is -0.464 e. The Hall–Kier alpha value is -1.97. The molecule has 1 fully saturated rings. The molecule has 10 heteroatoms. The molecule has 4 nitrogen and oxygen atoms in total. The maximum absolute atomic E-state index is 12.9. The number of aliphatic hydroxyl groups is 1. The fourth-order valence-corrected chi connectivity index (χ4v) is 2.94. The summed E-state index contributed by atoms with van der Waals surface area (Å²) in [7, 11) is 0. The van der Waals surface area contributed by atoms with Gasteiger partial charge in [0.1, 0.15) is 6.04 Å². The van der Waals surface area contributed by atoms with Gasteiger partial charge in [-0.25, -0.2) is 4.79 Å². The highest BCUT2D eigenvalue weighted by Crippen LogP contribution is 2.50. The molecule has 0 saturated carbocycles. The van der Waals surface area contributed by atoms with Gasteiger partial charge in [0.2, 0.25) is 0 Å². The van der Waals surface area contributed by atoms with Crippen molar-refractivity contribution in [2.24, 2.45) is 0 Å². The summed E-state index contributed by atoms with van der Waals surface area (Å²) in [6, 6.07) is 2.53. The Kier molecular flexibility index (Phi) is 5.46. The molecule has 0 aromatic heterocycles. The van der Waals surface area contributed by atoms with Crippen LogP contribution in [0.3, 0.4) is 0 Å². The predicted molar refractivity (Wildman–Crippen MR) is 79.4 cm³/mol. The SMILES string of the molecule is CCOC(=O)[C@@H]1CCCN1c1ccc(C(O)(C(F)(F)F)C(F)(F)F)cc1. The number of anilines is 1. The van der Waals surface area contributed by atoms with Crippen molar-refractivity contribution >= 4 is 11.7 Å². The van der Waals surface area contributed by atoms with Gasteiger partial charge in [0.25, 0.3) is 5.60 Å². The van der Waals surface area contributed by atoms with Gasteiger partial charge in [-0.2, -0.15) is 26.3 Å². The van der Waals surface area contributed by atoms with Crippen molar-refractivity contribution in [3.63, 3.8) is 0 Å². The number of rotatable bonds is 4. The van der Waals surface area contributed by atoms with Gasteiger partial charge in [-0.3, -0.25) is 0 Å². The van der Waals surface area contributed by atoms with E-state index in [1.54, 1.807) is 11.8 Å². The highest BCUT2D eigenvalue weighted by molar-refractivity contribution is 5.80. The number of ether oxygens (including phenoxy) is 1. The Morgan fingerprint density at radius 1 is 1.15 bits per heavy atom. The smallest absolute Gasteiger partial charge is 0.430 e. The number of alkyl halides is 6. The summed E-state index contributed by atoms with van der Waals surface area (Å²) >= 11 is 0. The summed E-state index contributed by atoms with van der Waals surface area (Å²) in [5, 5.41) is 9.38. The van der Waals surface area contributed by atoms with E-state index < -0.39 is 35.5 Å². The average Bonchev–Trinajstić information content (AvgIpc) is 3.02. The van der Waals surface area contributed by atoms with Gasteiger partial charge in [0, 0.05) is 17.8 Å². The van der Waals surface area contributed by atoms with Gasteiger partial charge in [-0.15, -0.1) is 0 Å². The molecule has 0 aliphatic carbocycles. The molecular weight excluding hydrogens is 368 g/mol. The largest absolute Gasteiger partial charge is 0.464 e. The second kappa shape index (κ2) is 6.98. The molecule has 1 saturated heterocycles. The van der Waals surface area contributed by atoms with Crippen LogP contribution in [0, 0.1) is 0 Å². The summed E-state index contributed by atoms with van der Waals surface area (Å²) in [6.07, 6.45) is -10.8. The molecule has 1 aromatic carbocycles. The van der Waals surface area contributed by atoms with Crippen molar-refractivity contribution in [1.29, 1.82) is 0 Å². The molecule has 146 valence electrons. The lowest BCUT2D eigenvalue weighted by Gasteiger charge is -2.33. The molecule has 1 N–H and O–H groups in total. The second-order valence-corrected chi connectivity index (χ2v) is 5.86. The molecule has 2 rings (SSSR count). The monoisotopic (exact) mass is 385 g/mol. The zero-order valence-electron chi connectivity index (χ0n) is 13.7. The fourth-order valence-electron chi connectivity index (χ4n) is 2.94. The molecule has 26 heavy (non-hydrogen) atoms. The van der Waals surface area contributed by atoms with Crippen molar-refractivity contribution in [2.75, 3.05) is 18.1 Å². The standard InChI is InChI=1S/C16H17F6NO3/c1-2-26-13(24)12-4-3-9-23(12)11-7-5-10(6-8-11)14(25,15(17,18)19)16(20,21)22/h5-8,12,25H,2-4,9H2,1H3/t12-/m0/s1. The number of halogens is 6. The topological polar surface area (TPSA) is 49.8 Å². The summed E-state index contributed by atoms with van der Waals surface area (Å²) in [6.45, 7) is 2.19. The minimum absolute atomic E-state index is 0.159. The van der Waals surface area contributed by atoms with E-state index in [1.165, 1.54) is 0 Å². The Labute approximate surface area is 145 Å². The van der Waals surface area contributed by atoms with Crippen LogP contribution in [0.1, 0.15) is 25.3 Å². The first kappa shape index (κ1) is 20.3. The fraction of sp³-hybridized carbons (Fsp3) is 0.562. The Morgan fingerprint density at radius 2 is 1.69 bits per heavy atom. The van der Waals surface area contributed by atoms with Crippen LogP contribution in [0.4, 0.5) is 32.0 Å². The third kappa shape index (κ3) is 3.46. The van der Waals surface area contributed by atoms with Crippen LogP contribution in [-0.2, 0) is 15.1 Å². The van der Waals surface area contributed by atoms with E-state index in [-0.39, 0.29) is 12.3 Å². The highest BCUT2D eigenvalue weighted by atomic mass is 19.4. The van der Waals surface area contributed by atoms with Gasteiger partial charge in [0.05, 0.1) is 6.61 Å². The number of hydrogen-bond acceptors (Lipinski definition) is 4. The molecule has 0 bridgehead atoms. The molecule has 0 unspecified atom stereocenters. The highest BCUT2D eigenvalue weighted by Gasteiger charge is 2.71. The Bertz CT molecular complexity index is 627. The van der Waals surface area contributed by atoms with Crippen LogP contribution in [0.25, 0.3) is 0 Å². The number of hydrogen-bond donors (Lipinski definition) is 1. The molecule has 1 atom stereocenters. The summed E-state index contributed by atoms with van der Waals surface area (Å²) in [5.74, 6) is -0.504. The van der Waals surface area contributed by atoms with E-state index in [4.69, 9.17) is 4.74 Å². The van der Waals surface area contributed by atoms with Crippen LogP contribution < -0.4 is 4.90 Å². The molecule has 1 aliphatic rings. The zero-order chi connectivity index (χ0) is 19.8. The summed E-state index contributed by atoms with van der Waals surface area (Å²) in [5.41, 5.74) is -6.03. The third-order valence-electron chi connectivity index (χ3n) is 4.25. The zero-order valence-corrected chi connectivity index (χ0v) is 13.7. The van der Waals surface area contributed by atoms with Gasteiger partial charge >= 0.3 is 18.3 Å². The van der Waals surface area contributed by atoms with Crippen molar-refractivity contribution < 1.29 is 41.0 Å². The normalized spacial score (nSPS) is 18.9. The Balaban J connectivity index is 2.34. The van der Waals surface area contributed by atoms with Crippen molar-refractivity contribution in [1.82, 2.24) is 0 Å². The summed E-state index contributed by atoms with van der Waals surface area (Å²) in [4.78, 5) is 13.5. The van der Waals surface area contributed by atoms with Crippen LogP contribution in [0.5, 0.6) is 0 Å². The van der Waals surface area contributed by atoms with Crippen molar-refractivity contribution in [3.8, 4) is 0 Å². The minimum atomic E-state index is -5.94. The lowest BCUT2D eigenvalue weighted by Crippen LogP contribution is -2.53. The van der Waals surface area contributed by atoms with Gasteiger partial charge < -0.3 is 14.7 Å². The average molecular weight is 385 g/mol. The Morgan fingerprint density at radius 3 is 2.15 bits per heavy atom. The van der Waals surface area contributed by atoms with E-state index in [0.717, 1.165) is 12.1 Å². The first-order valence-corrected chi connectivity index (χ1v) is 7.83. The van der Waals surface area contributed by atoms with E-state index >= 15 is 0 Å². The number of benzene rings is 1.